The average molecular weight is 254 g/mol. The number of nitrogens with one attached hydrogen (secondary N) is 1. The van der Waals surface area contributed by atoms with Gasteiger partial charge in [-0.2, -0.15) is 0 Å². The van der Waals surface area contributed by atoms with E-state index in [-0.39, 0.29) is 11.3 Å². The van der Waals surface area contributed by atoms with Crippen LogP contribution in [0.1, 0.15) is 65.7 Å². The molecule has 0 aromatic heterocycles. The van der Waals surface area contributed by atoms with Crippen LogP contribution in [0.2, 0.25) is 0 Å². The minimum Gasteiger partial charge on any atom is -0.353 e. The first-order valence-corrected chi connectivity index (χ1v) is 7.44. The first kappa shape index (κ1) is 15.5. The van der Waals surface area contributed by atoms with Crippen LogP contribution in [-0.2, 0) is 4.79 Å². The largest absolute Gasteiger partial charge is 0.353 e. The highest BCUT2D eigenvalue weighted by Gasteiger charge is 2.24. The Labute approximate surface area is 112 Å². The monoisotopic (exact) mass is 254 g/mol. The third-order valence-electron chi connectivity index (χ3n) is 4.35. The van der Waals surface area contributed by atoms with Gasteiger partial charge in [-0.25, -0.2) is 0 Å². The van der Waals surface area contributed by atoms with Crippen LogP contribution in [0.5, 0.6) is 0 Å². The van der Waals surface area contributed by atoms with Crippen molar-refractivity contribution < 1.29 is 4.79 Å². The molecular weight excluding hydrogens is 224 g/mol. The van der Waals surface area contributed by atoms with E-state index in [2.05, 4.69) is 26.1 Å². The zero-order valence-electron chi connectivity index (χ0n) is 12.3. The number of nitrogens with two attached hydrogens (primary N) is 1. The summed E-state index contributed by atoms with van der Waals surface area (Å²) in [5.74, 6) is 0.908. The van der Waals surface area contributed by atoms with Crippen molar-refractivity contribution in [2.75, 3.05) is 6.54 Å². The minimum atomic E-state index is 0.183. The smallest absolute Gasteiger partial charge is 0.220 e. The molecule has 1 saturated carbocycles. The number of amides is 1. The lowest BCUT2D eigenvalue weighted by molar-refractivity contribution is -0.122. The molecule has 1 aliphatic rings. The Balaban J connectivity index is 2.24. The number of hydrogen-bond acceptors (Lipinski definition) is 2. The molecule has 0 aromatic rings. The summed E-state index contributed by atoms with van der Waals surface area (Å²) in [4.78, 5) is 11.9. The summed E-state index contributed by atoms with van der Waals surface area (Å²) in [6.45, 7) is 7.23. The molecule has 1 fully saturated rings. The molecule has 1 rings (SSSR count). The van der Waals surface area contributed by atoms with Crippen molar-refractivity contribution in [1.29, 1.82) is 0 Å². The van der Waals surface area contributed by atoms with Gasteiger partial charge in [-0.1, -0.05) is 26.7 Å². The van der Waals surface area contributed by atoms with Crippen LogP contribution < -0.4 is 11.1 Å². The van der Waals surface area contributed by atoms with Gasteiger partial charge in [-0.05, 0) is 50.5 Å². The second-order valence-corrected chi connectivity index (χ2v) is 6.60. The fourth-order valence-corrected chi connectivity index (χ4v) is 2.87. The molecule has 1 aliphatic carbocycles. The van der Waals surface area contributed by atoms with Crippen LogP contribution in [0.25, 0.3) is 0 Å². The van der Waals surface area contributed by atoms with Crippen molar-refractivity contribution in [1.82, 2.24) is 5.32 Å². The molecule has 18 heavy (non-hydrogen) atoms. The van der Waals surface area contributed by atoms with Crippen molar-refractivity contribution in [2.24, 2.45) is 17.1 Å². The van der Waals surface area contributed by atoms with Gasteiger partial charge in [0.15, 0.2) is 0 Å². The zero-order chi connectivity index (χ0) is 13.6. The van der Waals surface area contributed by atoms with E-state index in [1.165, 1.54) is 25.7 Å². The summed E-state index contributed by atoms with van der Waals surface area (Å²) in [6.07, 6.45) is 7.75. The van der Waals surface area contributed by atoms with Crippen LogP contribution in [0.3, 0.4) is 0 Å². The van der Waals surface area contributed by atoms with Crippen molar-refractivity contribution >= 4 is 5.91 Å². The van der Waals surface area contributed by atoms with Gasteiger partial charge in [-0.3, -0.25) is 4.79 Å². The maximum absolute atomic E-state index is 11.9. The standard InChI is InChI=1S/C15H30N2O/c1-12(13-6-4-5-7-13)17-14(18)8-9-15(2,3)10-11-16/h12-13H,4-11,16H2,1-3H3,(H,17,18). The van der Waals surface area contributed by atoms with Crippen LogP contribution in [0.4, 0.5) is 0 Å². The van der Waals surface area contributed by atoms with Gasteiger partial charge in [-0.15, -0.1) is 0 Å². The molecule has 0 aromatic carbocycles. The fourth-order valence-electron chi connectivity index (χ4n) is 2.87. The normalized spacial score (nSPS) is 18.9. The number of carbonyl (C=O) groups excluding carboxylic acids is 1. The summed E-state index contributed by atoms with van der Waals surface area (Å²) in [5.41, 5.74) is 5.77. The molecule has 3 nitrogen and oxygen atoms in total. The number of carbonyl (C=O) groups is 1. The lowest BCUT2D eigenvalue weighted by Crippen LogP contribution is -2.37. The molecule has 1 amide bonds. The average Bonchev–Trinajstić information content (AvgIpc) is 2.80. The van der Waals surface area contributed by atoms with Gasteiger partial charge >= 0.3 is 0 Å². The van der Waals surface area contributed by atoms with Gasteiger partial charge in [0.25, 0.3) is 0 Å². The van der Waals surface area contributed by atoms with Crippen LogP contribution in [0.15, 0.2) is 0 Å². The Bertz CT molecular complexity index is 257. The third-order valence-corrected chi connectivity index (χ3v) is 4.35. The van der Waals surface area contributed by atoms with Gasteiger partial charge in [0.1, 0.15) is 0 Å². The van der Waals surface area contributed by atoms with E-state index in [1.807, 2.05) is 0 Å². The molecule has 1 atom stereocenters. The van der Waals surface area contributed by atoms with E-state index >= 15 is 0 Å². The molecule has 0 spiro atoms. The molecule has 0 heterocycles. The summed E-state index contributed by atoms with van der Waals surface area (Å²) in [5, 5.41) is 3.17. The van der Waals surface area contributed by atoms with Crippen LogP contribution >= 0.6 is 0 Å². The number of rotatable bonds is 7. The molecule has 3 N–H and O–H groups in total. The van der Waals surface area contributed by atoms with E-state index in [4.69, 9.17) is 5.73 Å². The van der Waals surface area contributed by atoms with E-state index < -0.39 is 0 Å². The van der Waals surface area contributed by atoms with Gasteiger partial charge in [0, 0.05) is 12.5 Å². The van der Waals surface area contributed by atoms with Crippen molar-refractivity contribution in [2.45, 2.75) is 71.8 Å². The number of hydrogen-bond donors (Lipinski definition) is 2. The molecule has 1 unspecified atom stereocenters. The zero-order valence-corrected chi connectivity index (χ0v) is 12.3. The predicted molar refractivity (Wildman–Crippen MR) is 76.2 cm³/mol. The predicted octanol–water partition coefficient (Wildman–Crippen LogP) is 2.84. The molecule has 3 heteroatoms. The lowest BCUT2D eigenvalue weighted by atomic mass is 9.84. The van der Waals surface area contributed by atoms with Gasteiger partial charge < -0.3 is 11.1 Å². The van der Waals surface area contributed by atoms with Gasteiger partial charge in [0.05, 0.1) is 0 Å². The van der Waals surface area contributed by atoms with Crippen LogP contribution in [0, 0.1) is 11.3 Å². The Kier molecular flexibility index (Phi) is 6.13. The van der Waals surface area contributed by atoms with E-state index in [1.54, 1.807) is 0 Å². The topological polar surface area (TPSA) is 55.1 Å². The quantitative estimate of drug-likeness (QED) is 0.734. The van der Waals surface area contributed by atoms with Crippen molar-refractivity contribution in [3.05, 3.63) is 0 Å². The molecule has 0 radical (unpaired) electrons. The summed E-state index contributed by atoms with van der Waals surface area (Å²) < 4.78 is 0. The first-order valence-electron chi connectivity index (χ1n) is 7.44. The summed E-state index contributed by atoms with van der Waals surface area (Å²) in [7, 11) is 0. The molecule has 0 saturated heterocycles. The summed E-state index contributed by atoms with van der Waals surface area (Å²) in [6, 6.07) is 0.345. The third kappa shape index (κ3) is 5.38. The Hall–Kier alpha value is -0.570. The SMILES string of the molecule is CC(NC(=O)CCC(C)(C)CCN)C1CCCC1. The highest BCUT2D eigenvalue weighted by atomic mass is 16.1. The molecular formula is C15H30N2O. The Morgan fingerprint density at radius 3 is 2.50 bits per heavy atom. The van der Waals surface area contributed by atoms with Crippen molar-refractivity contribution in [3.8, 4) is 0 Å². The Morgan fingerprint density at radius 2 is 1.94 bits per heavy atom. The van der Waals surface area contributed by atoms with E-state index in [0.29, 0.717) is 24.9 Å². The van der Waals surface area contributed by atoms with Gasteiger partial charge in [0.2, 0.25) is 5.91 Å². The maximum atomic E-state index is 11.9. The summed E-state index contributed by atoms with van der Waals surface area (Å²) >= 11 is 0. The molecule has 106 valence electrons. The second kappa shape index (κ2) is 7.13. The molecule has 0 bridgehead atoms. The van der Waals surface area contributed by atoms with E-state index in [0.717, 1.165) is 12.8 Å². The highest BCUT2D eigenvalue weighted by molar-refractivity contribution is 5.76. The second-order valence-electron chi connectivity index (χ2n) is 6.60. The lowest BCUT2D eigenvalue weighted by Gasteiger charge is -2.25. The van der Waals surface area contributed by atoms with Crippen LogP contribution in [-0.4, -0.2) is 18.5 Å². The fraction of sp³-hybridized carbons (Fsp3) is 0.933. The highest BCUT2D eigenvalue weighted by Crippen LogP contribution is 2.28. The van der Waals surface area contributed by atoms with Crippen molar-refractivity contribution in [3.63, 3.8) is 0 Å². The minimum absolute atomic E-state index is 0.183. The van der Waals surface area contributed by atoms with E-state index in [9.17, 15) is 4.79 Å². The molecule has 0 aliphatic heterocycles. The Morgan fingerprint density at radius 1 is 1.33 bits per heavy atom. The first-order chi connectivity index (χ1) is 8.44. The maximum Gasteiger partial charge on any atom is 0.220 e.